The lowest BCUT2D eigenvalue weighted by atomic mass is 10.1. The number of anilines is 1. The Kier molecular flexibility index (Phi) is 3.99. The lowest BCUT2D eigenvalue weighted by molar-refractivity contribution is 0.282. The molecule has 0 amide bonds. The van der Waals surface area contributed by atoms with E-state index in [9.17, 15) is 8.42 Å². The third-order valence-corrected chi connectivity index (χ3v) is 5.72. The molecule has 0 spiro atoms. The number of hydrogen-bond acceptors (Lipinski definition) is 4. The fraction of sp³-hybridized carbons (Fsp3) is 0.500. The zero-order valence-corrected chi connectivity index (χ0v) is 12.5. The molecule has 100 valence electrons. The number of benzene rings is 1. The van der Waals surface area contributed by atoms with Gasteiger partial charge in [-0.2, -0.15) is 0 Å². The average Bonchev–Trinajstić information content (AvgIpc) is 2.68. The Morgan fingerprint density at radius 3 is 2.72 bits per heavy atom. The molecule has 0 aliphatic carbocycles. The highest BCUT2D eigenvalue weighted by Crippen LogP contribution is 2.30. The summed E-state index contributed by atoms with van der Waals surface area (Å²) in [5, 5.41) is 9.06. The molecular weight excluding hydrogens is 318 g/mol. The number of aliphatic hydroxyl groups excluding tert-OH is 1. The predicted molar refractivity (Wildman–Crippen MR) is 75.5 cm³/mol. The molecule has 1 aromatic rings. The van der Waals surface area contributed by atoms with Crippen molar-refractivity contribution in [2.75, 3.05) is 23.5 Å². The van der Waals surface area contributed by atoms with Crippen molar-refractivity contribution in [3.05, 3.63) is 28.2 Å². The summed E-state index contributed by atoms with van der Waals surface area (Å²) in [5.74, 6) is 0.492. The largest absolute Gasteiger partial charge is 0.392 e. The summed E-state index contributed by atoms with van der Waals surface area (Å²) >= 11 is 3.46. The van der Waals surface area contributed by atoms with Crippen molar-refractivity contribution in [3.8, 4) is 0 Å². The lowest BCUT2D eigenvalue weighted by Crippen LogP contribution is -2.32. The Labute approximate surface area is 116 Å². The quantitative estimate of drug-likeness (QED) is 0.912. The minimum absolute atomic E-state index is 0.000399. The Hall–Kier alpha value is -0.590. The van der Waals surface area contributed by atoms with E-state index in [4.69, 9.17) is 5.11 Å². The van der Waals surface area contributed by atoms with Gasteiger partial charge in [0.05, 0.1) is 23.8 Å². The summed E-state index contributed by atoms with van der Waals surface area (Å²) in [6, 6.07) is 5.64. The summed E-state index contributed by atoms with van der Waals surface area (Å²) in [4.78, 5) is 2.00. The van der Waals surface area contributed by atoms with Crippen LogP contribution in [0.25, 0.3) is 0 Å². The zero-order valence-electron chi connectivity index (χ0n) is 10.1. The molecule has 1 aliphatic heterocycles. The third-order valence-electron chi connectivity index (χ3n) is 3.33. The molecule has 1 atom stereocenters. The lowest BCUT2D eigenvalue weighted by Gasteiger charge is -2.27. The maximum absolute atomic E-state index is 11.5. The summed E-state index contributed by atoms with van der Waals surface area (Å²) in [7, 11) is -0.964. The number of nitrogens with zero attached hydrogens (tertiary/aromatic N) is 1. The molecule has 1 aromatic carbocycles. The van der Waals surface area contributed by atoms with Crippen molar-refractivity contribution in [1.82, 2.24) is 0 Å². The Morgan fingerprint density at radius 2 is 2.22 bits per heavy atom. The van der Waals surface area contributed by atoms with Crippen LogP contribution < -0.4 is 4.90 Å². The Balaban J connectivity index is 2.21. The van der Waals surface area contributed by atoms with Gasteiger partial charge in [-0.1, -0.05) is 6.07 Å². The van der Waals surface area contributed by atoms with Crippen LogP contribution in [0.15, 0.2) is 22.7 Å². The molecule has 0 bridgehead atoms. The van der Waals surface area contributed by atoms with Gasteiger partial charge >= 0.3 is 0 Å². The predicted octanol–water partition coefficient (Wildman–Crippen LogP) is 1.56. The molecule has 1 fully saturated rings. The van der Waals surface area contributed by atoms with Crippen molar-refractivity contribution in [3.63, 3.8) is 0 Å². The van der Waals surface area contributed by atoms with E-state index >= 15 is 0 Å². The topological polar surface area (TPSA) is 57.6 Å². The van der Waals surface area contributed by atoms with Crippen molar-refractivity contribution in [1.29, 1.82) is 0 Å². The number of hydrogen-bond donors (Lipinski definition) is 1. The van der Waals surface area contributed by atoms with Crippen LogP contribution in [0.4, 0.5) is 5.69 Å². The van der Waals surface area contributed by atoms with Gasteiger partial charge in [0.25, 0.3) is 0 Å². The van der Waals surface area contributed by atoms with Crippen molar-refractivity contribution in [2.45, 2.75) is 19.1 Å². The van der Waals surface area contributed by atoms with Crippen LogP contribution in [-0.4, -0.2) is 38.1 Å². The molecule has 1 saturated heterocycles. The standard InChI is InChI=1S/C12H16BrNO3S/c1-14(10-4-5-18(16,17)8-10)12-3-2-9(7-15)6-11(12)13/h2-3,6,10,15H,4-5,7-8H2,1H3. The van der Waals surface area contributed by atoms with Crippen LogP contribution >= 0.6 is 15.9 Å². The maximum Gasteiger partial charge on any atom is 0.152 e. The molecule has 4 nitrogen and oxygen atoms in total. The number of sulfone groups is 1. The molecule has 1 N–H and O–H groups in total. The van der Waals surface area contributed by atoms with E-state index in [-0.39, 0.29) is 24.2 Å². The van der Waals surface area contributed by atoms with Crippen molar-refractivity contribution >= 4 is 31.5 Å². The number of aliphatic hydroxyl groups is 1. The molecule has 1 aliphatic rings. The second-order valence-electron chi connectivity index (χ2n) is 4.61. The van der Waals surface area contributed by atoms with Gasteiger partial charge in [0, 0.05) is 17.6 Å². The fourth-order valence-electron chi connectivity index (χ4n) is 2.21. The first-order valence-corrected chi connectivity index (χ1v) is 8.37. The SMILES string of the molecule is CN(c1ccc(CO)cc1Br)C1CCS(=O)(=O)C1. The summed E-state index contributed by atoms with van der Waals surface area (Å²) in [6.07, 6.45) is 0.674. The van der Waals surface area contributed by atoms with Gasteiger partial charge in [-0.15, -0.1) is 0 Å². The van der Waals surface area contributed by atoms with Crippen LogP contribution in [0.2, 0.25) is 0 Å². The summed E-state index contributed by atoms with van der Waals surface area (Å²) in [6.45, 7) is 0.000399. The highest BCUT2D eigenvalue weighted by atomic mass is 79.9. The molecule has 0 aromatic heterocycles. The molecule has 1 heterocycles. The maximum atomic E-state index is 11.5. The first-order valence-electron chi connectivity index (χ1n) is 5.75. The van der Waals surface area contributed by atoms with Gasteiger partial charge in [-0.3, -0.25) is 0 Å². The van der Waals surface area contributed by atoms with Crippen LogP contribution in [0.5, 0.6) is 0 Å². The third kappa shape index (κ3) is 2.87. The van der Waals surface area contributed by atoms with E-state index in [1.165, 1.54) is 0 Å². The number of halogens is 1. The van der Waals surface area contributed by atoms with E-state index in [0.29, 0.717) is 6.42 Å². The van der Waals surface area contributed by atoms with E-state index in [1.807, 2.05) is 30.1 Å². The van der Waals surface area contributed by atoms with E-state index in [0.717, 1.165) is 15.7 Å². The van der Waals surface area contributed by atoms with E-state index in [2.05, 4.69) is 15.9 Å². The average molecular weight is 334 g/mol. The minimum Gasteiger partial charge on any atom is -0.392 e. The van der Waals surface area contributed by atoms with Crippen LogP contribution in [-0.2, 0) is 16.4 Å². The van der Waals surface area contributed by atoms with Crippen LogP contribution in [0.3, 0.4) is 0 Å². The summed E-state index contributed by atoms with van der Waals surface area (Å²) < 4.78 is 23.9. The van der Waals surface area contributed by atoms with Crippen molar-refractivity contribution < 1.29 is 13.5 Å². The van der Waals surface area contributed by atoms with E-state index in [1.54, 1.807) is 0 Å². The van der Waals surface area contributed by atoms with Crippen LogP contribution in [0.1, 0.15) is 12.0 Å². The smallest absolute Gasteiger partial charge is 0.152 e. The second-order valence-corrected chi connectivity index (χ2v) is 7.69. The molecule has 18 heavy (non-hydrogen) atoms. The Morgan fingerprint density at radius 1 is 1.50 bits per heavy atom. The fourth-order valence-corrected chi connectivity index (χ4v) is 4.69. The van der Waals surface area contributed by atoms with Gasteiger partial charge < -0.3 is 10.0 Å². The molecule has 2 rings (SSSR count). The molecule has 0 radical (unpaired) electrons. The van der Waals surface area contributed by atoms with Gasteiger partial charge in [-0.05, 0) is 40.0 Å². The zero-order chi connectivity index (χ0) is 13.3. The van der Waals surface area contributed by atoms with Crippen LogP contribution in [0, 0.1) is 0 Å². The first kappa shape index (κ1) is 13.8. The molecule has 6 heteroatoms. The molecule has 0 saturated carbocycles. The first-order chi connectivity index (χ1) is 8.43. The highest BCUT2D eigenvalue weighted by molar-refractivity contribution is 9.10. The molecular formula is C12H16BrNO3S. The highest BCUT2D eigenvalue weighted by Gasteiger charge is 2.31. The summed E-state index contributed by atoms with van der Waals surface area (Å²) in [5.41, 5.74) is 1.78. The Bertz CT molecular complexity index is 544. The molecule has 1 unspecified atom stereocenters. The van der Waals surface area contributed by atoms with Gasteiger partial charge in [0.15, 0.2) is 9.84 Å². The monoisotopic (exact) mass is 333 g/mol. The van der Waals surface area contributed by atoms with Gasteiger partial charge in [0.2, 0.25) is 0 Å². The van der Waals surface area contributed by atoms with Gasteiger partial charge in [-0.25, -0.2) is 8.42 Å². The van der Waals surface area contributed by atoms with Gasteiger partial charge in [0.1, 0.15) is 0 Å². The van der Waals surface area contributed by atoms with Crippen molar-refractivity contribution in [2.24, 2.45) is 0 Å². The second kappa shape index (κ2) is 5.19. The number of rotatable bonds is 3. The van der Waals surface area contributed by atoms with E-state index < -0.39 is 9.84 Å². The normalized spacial score (nSPS) is 22.1. The minimum atomic E-state index is -2.87.